The smallest absolute Gasteiger partial charge is 0.462 e. The molecule has 0 aliphatic rings. The molecule has 0 bridgehead atoms. The summed E-state index contributed by atoms with van der Waals surface area (Å²) in [4.78, 5) is 48.8. The topological polar surface area (TPSA) is 155 Å². The third kappa shape index (κ3) is 59.3. The van der Waals surface area contributed by atoms with Crippen LogP contribution in [0.2, 0.25) is 0 Å². The van der Waals surface area contributed by atoms with Crippen molar-refractivity contribution < 1.29 is 52.2 Å². The largest absolute Gasteiger partial charge is 0.472 e. The van der Waals surface area contributed by atoms with Gasteiger partial charge < -0.3 is 24.2 Å². The van der Waals surface area contributed by atoms with Gasteiger partial charge in [-0.2, -0.15) is 0 Å². The van der Waals surface area contributed by atoms with Crippen LogP contribution >= 0.6 is 7.82 Å². The van der Waals surface area contributed by atoms with Gasteiger partial charge in [-0.1, -0.05) is 241 Å². The lowest BCUT2D eigenvalue weighted by Crippen LogP contribution is -2.30. The maximum absolute atomic E-state index is 13.0. The van der Waals surface area contributed by atoms with Crippen LogP contribution in [0.3, 0.4) is 0 Å². The van der Waals surface area contributed by atoms with Gasteiger partial charge in [0.1, 0.15) is 12.7 Å². The quantitative estimate of drug-likeness (QED) is 0.0197. The zero-order valence-corrected chi connectivity index (χ0v) is 52.2. The Bertz CT molecular complexity index is 1670. The first kappa shape index (κ1) is 76.7. The van der Waals surface area contributed by atoms with Gasteiger partial charge in [-0.3, -0.25) is 23.4 Å². The van der Waals surface area contributed by atoms with Crippen LogP contribution in [0.1, 0.15) is 290 Å². The number of phosphoric acid groups is 1. The van der Waals surface area contributed by atoms with Gasteiger partial charge in [-0.25, -0.2) is 4.57 Å². The van der Waals surface area contributed by atoms with Crippen LogP contribution in [0.15, 0.2) is 85.1 Å². The van der Waals surface area contributed by atoms with Crippen molar-refractivity contribution in [2.45, 2.75) is 303 Å². The highest BCUT2D eigenvalue weighted by molar-refractivity contribution is 7.47. The molecule has 0 aliphatic carbocycles. The number of carbonyl (C=O) groups is 3. The zero-order chi connectivity index (χ0) is 58.3. The Labute approximate surface area is 490 Å². The van der Waals surface area contributed by atoms with Crippen LogP contribution in [0.5, 0.6) is 0 Å². The van der Waals surface area contributed by atoms with E-state index in [0.29, 0.717) is 19.3 Å². The molecule has 462 valence electrons. The van der Waals surface area contributed by atoms with E-state index >= 15 is 0 Å². The van der Waals surface area contributed by atoms with Crippen molar-refractivity contribution in [3.8, 4) is 0 Å². The summed E-state index contributed by atoms with van der Waals surface area (Å²) in [7, 11) is -4.76. The molecule has 0 aliphatic heterocycles. The molecular formula is C68H119O11P. The summed E-state index contributed by atoms with van der Waals surface area (Å²) < 4.78 is 39.7. The molecule has 0 aromatic carbocycles. The highest BCUT2D eigenvalue weighted by Gasteiger charge is 2.28. The van der Waals surface area contributed by atoms with Crippen molar-refractivity contribution in [2.75, 3.05) is 26.4 Å². The maximum atomic E-state index is 13.0. The van der Waals surface area contributed by atoms with Crippen molar-refractivity contribution in [1.82, 2.24) is 0 Å². The van der Waals surface area contributed by atoms with Crippen LogP contribution in [0.25, 0.3) is 0 Å². The Morgan fingerprint density at radius 3 is 1.04 bits per heavy atom. The number of aliphatic hydroxyl groups is 1. The number of aliphatic hydroxyl groups excluding tert-OH is 1. The first-order chi connectivity index (χ1) is 39.2. The third-order valence-electron chi connectivity index (χ3n) is 13.8. The number of ether oxygens (including phenoxy) is 3. The second kappa shape index (κ2) is 61.7. The van der Waals surface area contributed by atoms with Gasteiger partial charge in [0, 0.05) is 19.3 Å². The van der Waals surface area contributed by atoms with Crippen LogP contribution in [0.4, 0.5) is 0 Å². The number of unbranched alkanes of at least 4 members (excludes halogenated alkanes) is 29. The lowest BCUT2D eigenvalue weighted by Gasteiger charge is -2.21. The average molecular weight is 1140 g/mol. The summed E-state index contributed by atoms with van der Waals surface area (Å²) in [6.45, 7) is 4.50. The first-order valence-electron chi connectivity index (χ1n) is 32.5. The van der Waals surface area contributed by atoms with Crippen molar-refractivity contribution >= 4 is 25.7 Å². The second-order valence-corrected chi connectivity index (χ2v) is 23.0. The Balaban J connectivity index is 4.74. The predicted molar refractivity (Wildman–Crippen MR) is 334 cm³/mol. The minimum Gasteiger partial charge on any atom is -0.462 e. The normalized spacial score (nSPS) is 13.8. The standard InChI is InChI=1S/C68H119O11P/c1-4-7-10-13-16-19-22-25-28-30-32-34-37-39-42-45-48-51-54-57-66(70)75-61-65(79-68(72)59-56-53-50-47-44-41-38-35-33-31-29-26-23-20-17-14-11-8-5-2)63-77-80(73,74)76-62-64(60-69)78-67(71)58-55-52-49-46-43-40-36-27-24-21-18-15-12-9-6-3/h7,10,16,18-19,21,25-29,32,34,36,64-65,69H,4-6,8-9,11-15,17,20,22-24,30-31,33,35,37-63H2,1-3H3,(H,73,74)/b10-7-,19-16-,21-18-,28-25-,29-26-,34-32-,36-27-. The van der Waals surface area contributed by atoms with E-state index in [1.807, 2.05) is 0 Å². The molecule has 0 radical (unpaired) electrons. The van der Waals surface area contributed by atoms with Gasteiger partial charge in [-0.05, 0) is 116 Å². The Morgan fingerprint density at radius 2 is 0.650 bits per heavy atom. The van der Waals surface area contributed by atoms with Gasteiger partial charge >= 0.3 is 25.7 Å². The van der Waals surface area contributed by atoms with Crippen molar-refractivity contribution in [1.29, 1.82) is 0 Å². The highest BCUT2D eigenvalue weighted by Crippen LogP contribution is 2.43. The molecule has 3 unspecified atom stereocenters. The van der Waals surface area contributed by atoms with E-state index in [2.05, 4.69) is 106 Å². The molecular weight excluding hydrogens is 1020 g/mol. The van der Waals surface area contributed by atoms with E-state index in [0.717, 1.165) is 128 Å². The molecule has 12 heteroatoms. The van der Waals surface area contributed by atoms with E-state index in [9.17, 15) is 28.9 Å². The number of allylic oxidation sites excluding steroid dienone is 14. The summed E-state index contributed by atoms with van der Waals surface area (Å²) >= 11 is 0. The Morgan fingerprint density at radius 1 is 0.362 bits per heavy atom. The molecule has 11 nitrogen and oxygen atoms in total. The van der Waals surface area contributed by atoms with E-state index in [4.69, 9.17) is 23.3 Å². The minimum atomic E-state index is -4.76. The maximum Gasteiger partial charge on any atom is 0.472 e. The molecule has 0 fully saturated rings. The lowest BCUT2D eigenvalue weighted by molar-refractivity contribution is -0.161. The van der Waals surface area contributed by atoms with Gasteiger partial charge in [0.25, 0.3) is 0 Å². The Hall–Kier alpha value is -3.34. The molecule has 0 heterocycles. The third-order valence-corrected chi connectivity index (χ3v) is 14.7. The van der Waals surface area contributed by atoms with Crippen LogP contribution in [0, 0.1) is 0 Å². The number of carbonyl (C=O) groups excluding carboxylic acids is 3. The highest BCUT2D eigenvalue weighted by atomic mass is 31.2. The van der Waals surface area contributed by atoms with Crippen LogP contribution in [-0.4, -0.2) is 66.5 Å². The van der Waals surface area contributed by atoms with Crippen molar-refractivity contribution in [3.05, 3.63) is 85.1 Å². The minimum absolute atomic E-state index is 0.158. The zero-order valence-electron chi connectivity index (χ0n) is 51.3. The fourth-order valence-electron chi connectivity index (χ4n) is 8.84. The molecule has 0 aromatic rings. The fraction of sp³-hybridized carbons (Fsp3) is 0.750. The summed E-state index contributed by atoms with van der Waals surface area (Å²) in [5.41, 5.74) is 0. The van der Waals surface area contributed by atoms with Crippen molar-refractivity contribution in [3.63, 3.8) is 0 Å². The van der Waals surface area contributed by atoms with E-state index < -0.39 is 57.8 Å². The summed E-state index contributed by atoms with van der Waals surface area (Å²) in [5.74, 6) is -1.49. The molecule has 0 aromatic heterocycles. The van der Waals surface area contributed by atoms with Gasteiger partial charge in [0.05, 0.1) is 19.8 Å². The molecule has 0 saturated heterocycles. The molecule has 0 saturated carbocycles. The number of phosphoric ester groups is 1. The van der Waals surface area contributed by atoms with E-state index in [-0.39, 0.29) is 25.9 Å². The van der Waals surface area contributed by atoms with Crippen LogP contribution < -0.4 is 0 Å². The summed E-state index contributed by atoms with van der Waals surface area (Å²) in [6.07, 6.45) is 72.4. The molecule has 3 atom stereocenters. The molecule has 2 N–H and O–H groups in total. The van der Waals surface area contributed by atoms with E-state index in [1.165, 1.54) is 103 Å². The summed E-state index contributed by atoms with van der Waals surface area (Å²) in [5, 5.41) is 9.85. The second-order valence-electron chi connectivity index (χ2n) is 21.5. The summed E-state index contributed by atoms with van der Waals surface area (Å²) in [6, 6.07) is 0. The Kier molecular flexibility index (Phi) is 59.1. The number of esters is 3. The SMILES string of the molecule is CC/C=C\C/C=C\C/C=C\C/C=C\CCCCCCCCC(=O)OCC(COP(=O)(O)OCC(CO)OC(=O)CCCCCCC/C=C\C/C=C\CCCCC)OC(=O)CCCCCCCCCCC/C=C\CCCCCCCC. The lowest BCUT2D eigenvalue weighted by atomic mass is 10.1. The molecule has 0 amide bonds. The molecule has 0 rings (SSSR count). The number of hydrogen-bond donors (Lipinski definition) is 2. The predicted octanol–water partition coefficient (Wildman–Crippen LogP) is 19.8. The molecule has 0 spiro atoms. The van der Waals surface area contributed by atoms with Gasteiger partial charge in [-0.15, -0.1) is 0 Å². The van der Waals surface area contributed by atoms with Crippen LogP contribution in [-0.2, 0) is 42.2 Å². The molecule has 80 heavy (non-hydrogen) atoms. The fourth-order valence-corrected chi connectivity index (χ4v) is 9.63. The first-order valence-corrected chi connectivity index (χ1v) is 34.0. The van der Waals surface area contributed by atoms with Gasteiger partial charge in [0.2, 0.25) is 0 Å². The number of rotatable bonds is 60. The number of hydrogen-bond acceptors (Lipinski definition) is 10. The van der Waals surface area contributed by atoms with Gasteiger partial charge in [0.15, 0.2) is 6.10 Å². The van der Waals surface area contributed by atoms with E-state index in [1.54, 1.807) is 0 Å². The monoisotopic (exact) mass is 1140 g/mol. The average Bonchev–Trinajstić information content (AvgIpc) is 3.45. The van der Waals surface area contributed by atoms with Crippen molar-refractivity contribution in [2.24, 2.45) is 0 Å².